The van der Waals surface area contributed by atoms with Crippen LogP contribution < -0.4 is 5.73 Å². The van der Waals surface area contributed by atoms with E-state index in [0.717, 1.165) is 19.3 Å². The highest BCUT2D eigenvalue weighted by atomic mass is 16.5. The molecule has 1 unspecified atom stereocenters. The number of nitrogens with two attached hydrogens (primary N) is 1. The SMILES string of the molecule is COC1(C(N)CCC(C)(C)C)CCCCC1. The van der Waals surface area contributed by atoms with Gasteiger partial charge in [-0.2, -0.15) is 0 Å². The van der Waals surface area contributed by atoms with Gasteiger partial charge in [-0.3, -0.25) is 0 Å². The van der Waals surface area contributed by atoms with Gasteiger partial charge in [-0.25, -0.2) is 0 Å². The smallest absolute Gasteiger partial charge is 0.0828 e. The first-order valence-corrected chi connectivity index (χ1v) is 6.70. The minimum atomic E-state index is -0.0243. The fourth-order valence-corrected chi connectivity index (χ4v) is 2.73. The molecule has 2 N–H and O–H groups in total. The van der Waals surface area contributed by atoms with Crippen LogP contribution in [0.25, 0.3) is 0 Å². The van der Waals surface area contributed by atoms with Crippen LogP contribution in [0.2, 0.25) is 0 Å². The summed E-state index contributed by atoms with van der Waals surface area (Å²) in [6, 6.07) is 0.206. The molecule has 16 heavy (non-hydrogen) atoms. The summed E-state index contributed by atoms with van der Waals surface area (Å²) >= 11 is 0. The molecule has 0 aromatic rings. The topological polar surface area (TPSA) is 35.2 Å². The molecule has 1 saturated carbocycles. The Balaban J connectivity index is 2.51. The maximum Gasteiger partial charge on any atom is 0.0828 e. The van der Waals surface area contributed by atoms with Crippen LogP contribution in [0.1, 0.15) is 65.7 Å². The fraction of sp³-hybridized carbons (Fsp3) is 1.00. The van der Waals surface area contributed by atoms with Crippen LogP contribution in [0, 0.1) is 5.41 Å². The van der Waals surface area contributed by atoms with Crippen molar-refractivity contribution in [2.45, 2.75) is 77.4 Å². The van der Waals surface area contributed by atoms with Crippen molar-refractivity contribution in [3.63, 3.8) is 0 Å². The van der Waals surface area contributed by atoms with Crippen molar-refractivity contribution in [3.8, 4) is 0 Å². The zero-order valence-electron chi connectivity index (χ0n) is 11.5. The summed E-state index contributed by atoms with van der Waals surface area (Å²) < 4.78 is 5.78. The van der Waals surface area contributed by atoms with Gasteiger partial charge in [-0.05, 0) is 31.1 Å². The molecule has 0 aliphatic heterocycles. The molecule has 0 amide bonds. The van der Waals surface area contributed by atoms with E-state index in [0.29, 0.717) is 5.41 Å². The number of ether oxygens (including phenoxy) is 1. The second-order valence-electron chi connectivity index (χ2n) is 6.54. The molecular weight excluding hydrogens is 198 g/mol. The summed E-state index contributed by atoms with van der Waals surface area (Å²) in [4.78, 5) is 0. The van der Waals surface area contributed by atoms with E-state index in [2.05, 4.69) is 20.8 Å². The van der Waals surface area contributed by atoms with E-state index in [9.17, 15) is 0 Å². The lowest BCUT2D eigenvalue weighted by Crippen LogP contribution is -2.51. The molecule has 2 nitrogen and oxygen atoms in total. The Morgan fingerprint density at radius 2 is 1.75 bits per heavy atom. The molecule has 2 heteroatoms. The first-order chi connectivity index (χ1) is 7.40. The summed E-state index contributed by atoms with van der Waals surface area (Å²) in [6.45, 7) is 6.83. The lowest BCUT2D eigenvalue weighted by Gasteiger charge is -2.41. The summed E-state index contributed by atoms with van der Waals surface area (Å²) in [5, 5.41) is 0. The Kier molecular flexibility index (Phi) is 4.81. The average molecular weight is 227 g/mol. The average Bonchev–Trinajstić information content (AvgIpc) is 2.25. The van der Waals surface area contributed by atoms with Crippen LogP contribution in [0.3, 0.4) is 0 Å². The summed E-state index contributed by atoms with van der Waals surface area (Å²) in [6.07, 6.45) is 8.45. The van der Waals surface area contributed by atoms with Crippen LogP contribution in [0.15, 0.2) is 0 Å². The molecule has 0 aromatic carbocycles. The molecule has 1 rings (SSSR count). The zero-order valence-corrected chi connectivity index (χ0v) is 11.5. The lowest BCUT2D eigenvalue weighted by molar-refractivity contribution is -0.0617. The van der Waals surface area contributed by atoms with E-state index in [-0.39, 0.29) is 11.6 Å². The molecule has 1 atom stereocenters. The van der Waals surface area contributed by atoms with Gasteiger partial charge in [-0.15, -0.1) is 0 Å². The number of hydrogen-bond acceptors (Lipinski definition) is 2. The Labute approximate surface area is 101 Å². The summed E-state index contributed by atoms with van der Waals surface area (Å²) in [7, 11) is 1.84. The Morgan fingerprint density at radius 3 is 2.19 bits per heavy atom. The van der Waals surface area contributed by atoms with Crippen LogP contribution in [0.4, 0.5) is 0 Å². The minimum Gasteiger partial charge on any atom is -0.377 e. The van der Waals surface area contributed by atoms with Gasteiger partial charge in [0, 0.05) is 13.2 Å². The number of methoxy groups -OCH3 is 1. The van der Waals surface area contributed by atoms with E-state index in [1.54, 1.807) is 0 Å². The van der Waals surface area contributed by atoms with Crippen molar-refractivity contribution in [1.82, 2.24) is 0 Å². The van der Waals surface area contributed by atoms with E-state index in [4.69, 9.17) is 10.5 Å². The van der Waals surface area contributed by atoms with Crippen molar-refractivity contribution in [2.24, 2.45) is 11.1 Å². The second-order valence-corrected chi connectivity index (χ2v) is 6.54. The third kappa shape index (κ3) is 3.74. The maximum atomic E-state index is 6.38. The van der Waals surface area contributed by atoms with E-state index in [1.165, 1.54) is 25.7 Å². The van der Waals surface area contributed by atoms with Gasteiger partial charge in [0.1, 0.15) is 0 Å². The van der Waals surface area contributed by atoms with Crippen molar-refractivity contribution >= 4 is 0 Å². The van der Waals surface area contributed by atoms with Crippen molar-refractivity contribution < 1.29 is 4.74 Å². The number of hydrogen-bond donors (Lipinski definition) is 1. The minimum absolute atomic E-state index is 0.0243. The van der Waals surface area contributed by atoms with Gasteiger partial charge in [-0.1, -0.05) is 40.0 Å². The highest BCUT2D eigenvalue weighted by Gasteiger charge is 2.38. The van der Waals surface area contributed by atoms with Crippen molar-refractivity contribution in [3.05, 3.63) is 0 Å². The molecule has 0 saturated heterocycles. The van der Waals surface area contributed by atoms with Gasteiger partial charge in [0.05, 0.1) is 5.60 Å². The van der Waals surface area contributed by atoms with Gasteiger partial charge in [0.25, 0.3) is 0 Å². The fourth-order valence-electron chi connectivity index (χ4n) is 2.73. The first-order valence-electron chi connectivity index (χ1n) is 6.70. The maximum absolute atomic E-state index is 6.38. The van der Waals surface area contributed by atoms with Crippen molar-refractivity contribution in [1.29, 1.82) is 0 Å². The van der Waals surface area contributed by atoms with Gasteiger partial charge in [0.15, 0.2) is 0 Å². The predicted octanol–water partition coefficient (Wildman–Crippen LogP) is 3.49. The number of rotatable bonds is 4. The molecule has 0 aromatic heterocycles. The molecular formula is C14H29NO. The zero-order chi connectivity index (χ0) is 12.2. The van der Waals surface area contributed by atoms with Crippen LogP contribution in [-0.4, -0.2) is 18.8 Å². The summed E-state index contributed by atoms with van der Waals surface area (Å²) in [5.41, 5.74) is 6.73. The van der Waals surface area contributed by atoms with Gasteiger partial charge in [0.2, 0.25) is 0 Å². The van der Waals surface area contributed by atoms with Crippen LogP contribution in [0.5, 0.6) is 0 Å². The molecule has 0 bridgehead atoms. The Hall–Kier alpha value is -0.0800. The predicted molar refractivity (Wildman–Crippen MR) is 69.5 cm³/mol. The van der Waals surface area contributed by atoms with Crippen LogP contribution >= 0.6 is 0 Å². The molecule has 1 aliphatic rings. The largest absolute Gasteiger partial charge is 0.377 e. The van der Waals surface area contributed by atoms with Crippen molar-refractivity contribution in [2.75, 3.05) is 7.11 Å². The first kappa shape index (κ1) is 14.0. The third-order valence-corrected chi connectivity index (χ3v) is 3.99. The van der Waals surface area contributed by atoms with E-state index < -0.39 is 0 Å². The molecule has 0 radical (unpaired) electrons. The molecule has 1 fully saturated rings. The highest BCUT2D eigenvalue weighted by molar-refractivity contribution is 4.93. The molecule has 0 heterocycles. The highest BCUT2D eigenvalue weighted by Crippen LogP contribution is 2.36. The quantitative estimate of drug-likeness (QED) is 0.798. The van der Waals surface area contributed by atoms with Gasteiger partial charge < -0.3 is 10.5 Å². The normalized spacial score (nSPS) is 23.1. The molecule has 1 aliphatic carbocycles. The van der Waals surface area contributed by atoms with E-state index in [1.807, 2.05) is 7.11 Å². The third-order valence-electron chi connectivity index (χ3n) is 3.99. The monoisotopic (exact) mass is 227 g/mol. The molecule has 96 valence electrons. The van der Waals surface area contributed by atoms with Gasteiger partial charge >= 0.3 is 0 Å². The van der Waals surface area contributed by atoms with E-state index >= 15 is 0 Å². The molecule has 0 spiro atoms. The Morgan fingerprint density at radius 1 is 1.19 bits per heavy atom. The Bertz CT molecular complexity index is 201. The summed E-state index contributed by atoms with van der Waals surface area (Å²) in [5.74, 6) is 0. The standard InChI is InChI=1S/C14H29NO/c1-13(2,3)11-8-12(15)14(16-4)9-6-5-7-10-14/h12H,5-11,15H2,1-4H3. The second kappa shape index (κ2) is 5.50. The van der Waals surface area contributed by atoms with Crippen LogP contribution in [-0.2, 0) is 4.74 Å². The lowest BCUT2D eigenvalue weighted by atomic mass is 9.76.